The highest BCUT2D eigenvalue weighted by Crippen LogP contribution is 2.32. The Labute approximate surface area is 128 Å². The Hall–Kier alpha value is -0.610. The summed E-state index contributed by atoms with van der Waals surface area (Å²) < 4.78 is 10.6. The van der Waals surface area contributed by atoms with Crippen LogP contribution in [0.5, 0.6) is 0 Å². The SMILES string of the molecule is O=C(O)C1(CCCOCCCCCCC2CCCC2)CO1. The van der Waals surface area contributed by atoms with Gasteiger partial charge in [0.1, 0.15) is 0 Å². The number of aliphatic carboxylic acids is 1. The normalized spacial score (nSPS) is 25.3. The van der Waals surface area contributed by atoms with Crippen LogP contribution in [0.15, 0.2) is 0 Å². The van der Waals surface area contributed by atoms with Crippen molar-refractivity contribution < 1.29 is 19.4 Å². The summed E-state index contributed by atoms with van der Waals surface area (Å²) in [6, 6.07) is 0. The van der Waals surface area contributed by atoms with Gasteiger partial charge >= 0.3 is 5.97 Å². The van der Waals surface area contributed by atoms with Gasteiger partial charge in [-0.15, -0.1) is 0 Å². The molecule has 1 N–H and O–H groups in total. The van der Waals surface area contributed by atoms with Gasteiger partial charge in [-0.25, -0.2) is 4.79 Å². The summed E-state index contributed by atoms with van der Waals surface area (Å²) in [6.45, 7) is 1.83. The summed E-state index contributed by atoms with van der Waals surface area (Å²) in [5.41, 5.74) is -0.871. The lowest BCUT2D eigenvalue weighted by molar-refractivity contribution is -0.143. The van der Waals surface area contributed by atoms with E-state index in [-0.39, 0.29) is 0 Å². The van der Waals surface area contributed by atoms with Crippen molar-refractivity contribution in [1.82, 2.24) is 0 Å². The lowest BCUT2D eigenvalue weighted by Gasteiger charge is -2.09. The Bertz CT molecular complexity index is 306. The lowest BCUT2D eigenvalue weighted by atomic mass is 9.99. The third-order valence-electron chi connectivity index (χ3n) is 4.88. The topological polar surface area (TPSA) is 59.1 Å². The van der Waals surface area contributed by atoms with E-state index in [1.807, 2.05) is 0 Å². The highest BCUT2D eigenvalue weighted by Gasteiger charge is 2.51. The van der Waals surface area contributed by atoms with Gasteiger partial charge in [-0.2, -0.15) is 0 Å². The Morgan fingerprint density at radius 1 is 1.10 bits per heavy atom. The van der Waals surface area contributed by atoms with Crippen LogP contribution in [0.1, 0.15) is 70.6 Å². The molecule has 0 bridgehead atoms. The van der Waals surface area contributed by atoms with Crippen molar-refractivity contribution >= 4 is 5.97 Å². The van der Waals surface area contributed by atoms with Gasteiger partial charge < -0.3 is 14.6 Å². The highest BCUT2D eigenvalue weighted by molar-refractivity contribution is 5.80. The Kier molecular flexibility index (Phi) is 6.97. The van der Waals surface area contributed by atoms with Crippen molar-refractivity contribution in [3.63, 3.8) is 0 Å². The number of carboxylic acid groups (broad SMARTS) is 1. The molecule has 1 aliphatic carbocycles. The summed E-state index contributed by atoms with van der Waals surface area (Å²) in [5, 5.41) is 8.94. The van der Waals surface area contributed by atoms with Crippen LogP contribution in [0, 0.1) is 5.92 Å². The first-order valence-corrected chi connectivity index (χ1v) is 8.68. The van der Waals surface area contributed by atoms with Crippen molar-refractivity contribution in [1.29, 1.82) is 0 Å². The summed E-state index contributed by atoms with van der Waals surface area (Å²) in [4.78, 5) is 10.9. The molecule has 1 aliphatic heterocycles. The molecule has 1 heterocycles. The first-order chi connectivity index (χ1) is 10.2. The largest absolute Gasteiger partial charge is 0.479 e. The molecule has 2 aliphatic rings. The number of ether oxygens (including phenoxy) is 2. The van der Waals surface area contributed by atoms with Gasteiger partial charge in [-0.1, -0.05) is 51.4 Å². The lowest BCUT2D eigenvalue weighted by Crippen LogP contribution is -2.24. The summed E-state index contributed by atoms with van der Waals surface area (Å²) >= 11 is 0. The minimum atomic E-state index is -0.871. The van der Waals surface area contributed by atoms with Crippen LogP contribution in [0.25, 0.3) is 0 Å². The maximum absolute atomic E-state index is 10.9. The molecule has 0 spiro atoms. The van der Waals surface area contributed by atoms with E-state index in [9.17, 15) is 4.79 Å². The first kappa shape index (κ1) is 16.8. The average Bonchev–Trinajstić information content (AvgIpc) is 3.09. The second kappa shape index (κ2) is 8.74. The molecule has 0 aromatic heterocycles. The Morgan fingerprint density at radius 3 is 2.43 bits per heavy atom. The van der Waals surface area contributed by atoms with Crippen LogP contribution in [-0.4, -0.2) is 36.5 Å². The minimum absolute atomic E-state index is 0.364. The molecule has 0 aromatic rings. The quantitative estimate of drug-likeness (QED) is 0.440. The van der Waals surface area contributed by atoms with Crippen LogP contribution in [-0.2, 0) is 14.3 Å². The van der Waals surface area contributed by atoms with Gasteiger partial charge in [-0.05, 0) is 25.2 Å². The molecular formula is C17H30O4. The summed E-state index contributed by atoms with van der Waals surface area (Å²) in [5.74, 6) is 0.192. The van der Waals surface area contributed by atoms with E-state index in [4.69, 9.17) is 14.6 Å². The number of carboxylic acids is 1. The number of unbranched alkanes of at least 4 members (excludes halogenated alkanes) is 3. The van der Waals surface area contributed by atoms with Crippen LogP contribution >= 0.6 is 0 Å². The molecule has 1 saturated heterocycles. The van der Waals surface area contributed by atoms with Gasteiger partial charge in [-0.3, -0.25) is 0 Å². The number of hydrogen-bond donors (Lipinski definition) is 1. The molecule has 1 atom stereocenters. The van der Waals surface area contributed by atoms with E-state index in [2.05, 4.69) is 0 Å². The van der Waals surface area contributed by atoms with E-state index in [0.717, 1.165) is 25.4 Å². The van der Waals surface area contributed by atoms with E-state index >= 15 is 0 Å². The zero-order valence-electron chi connectivity index (χ0n) is 13.1. The van der Waals surface area contributed by atoms with Crippen molar-refractivity contribution in [2.45, 2.75) is 76.2 Å². The van der Waals surface area contributed by atoms with Gasteiger partial charge in [0.15, 0.2) is 5.60 Å². The zero-order chi connectivity index (χ0) is 15.0. The smallest absolute Gasteiger partial charge is 0.338 e. The fraction of sp³-hybridized carbons (Fsp3) is 0.941. The Morgan fingerprint density at radius 2 is 1.76 bits per heavy atom. The number of carbonyl (C=O) groups is 1. The van der Waals surface area contributed by atoms with Crippen molar-refractivity contribution in [3.05, 3.63) is 0 Å². The number of hydrogen-bond acceptors (Lipinski definition) is 3. The molecule has 4 heteroatoms. The van der Waals surface area contributed by atoms with E-state index in [1.54, 1.807) is 0 Å². The molecule has 21 heavy (non-hydrogen) atoms. The summed E-state index contributed by atoms with van der Waals surface area (Å²) in [6.07, 6.45) is 13.7. The molecule has 4 nitrogen and oxygen atoms in total. The van der Waals surface area contributed by atoms with E-state index in [0.29, 0.717) is 19.6 Å². The highest BCUT2D eigenvalue weighted by atomic mass is 16.6. The van der Waals surface area contributed by atoms with Gasteiger partial charge in [0.2, 0.25) is 0 Å². The second-order valence-corrected chi connectivity index (χ2v) is 6.66. The molecule has 2 rings (SSSR count). The molecule has 122 valence electrons. The fourth-order valence-corrected chi connectivity index (χ4v) is 3.31. The third kappa shape index (κ3) is 5.95. The van der Waals surface area contributed by atoms with Gasteiger partial charge in [0.05, 0.1) is 6.61 Å². The van der Waals surface area contributed by atoms with Crippen molar-refractivity contribution in [3.8, 4) is 0 Å². The zero-order valence-corrected chi connectivity index (χ0v) is 13.1. The van der Waals surface area contributed by atoms with Crippen molar-refractivity contribution in [2.24, 2.45) is 5.92 Å². The van der Waals surface area contributed by atoms with Crippen molar-refractivity contribution in [2.75, 3.05) is 19.8 Å². The molecule has 2 fully saturated rings. The monoisotopic (exact) mass is 298 g/mol. The van der Waals surface area contributed by atoms with Crippen LogP contribution in [0.3, 0.4) is 0 Å². The molecule has 1 unspecified atom stereocenters. The second-order valence-electron chi connectivity index (χ2n) is 6.66. The molecular weight excluding hydrogens is 268 g/mol. The summed E-state index contributed by atoms with van der Waals surface area (Å²) in [7, 11) is 0. The first-order valence-electron chi connectivity index (χ1n) is 8.68. The molecule has 0 radical (unpaired) electrons. The molecule has 0 aromatic carbocycles. The standard InChI is InChI=1S/C17H30O4/c18-16(19)17(14-21-17)11-7-13-20-12-6-2-1-3-8-15-9-4-5-10-15/h15H,1-14H2,(H,18,19). The average molecular weight is 298 g/mol. The number of epoxide rings is 1. The van der Waals surface area contributed by atoms with E-state index in [1.165, 1.54) is 51.4 Å². The van der Waals surface area contributed by atoms with Crippen LogP contribution in [0.4, 0.5) is 0 Å². The van der Waals surface area contributed by atoms with Gasteiger partial charge in [0.25, 0.3) is 0 Å². The predicted octanol–water partition coefficient (Wildman–Crippen LogP) is 3.78. The molecule has 0 amide bonds. The van der Waals surface area contributed by atoms with E-state index < -0.39 is 11.6 Å². The maximum Gasteiger partial charge on any atom is 0.338 e. The molecule has 1 saturated carbocycles. The van der Waals surface area contributed by atoms with Crippen LogP contribution < -0.4 is 0 Å². The Balaban J connectivity index is 1.32. The third-order valence-corrected chi connectivity index (χ3v) is 4.88. The van der Waals surface area contributed by atoms with Gasteiger partial charge in [0, 0.05) is 13.2 Å². The minimum Gasteiger partial charge on any atom is -0.479 e. The van der Waals surface area contributed by atoms with Crippen LogP contribution in [0.2, 0.25) is 0 Å². The maximum atomic E-state index is 10.9. The predicted molar refractivity (Wildman–Crippen MR) is 81.4 cm³/mol. The number of rotatable bonds is 12. The fourth-order valence-electron chi connectivity index (χ4n) is 3.31.